The van der Waals surface area contributed by atoms with Gasteiger partial charge in [-0.2, -0.15) is 0 Å². The molecule has 0 aliphatic heterocycles. The molecule has 2 heterocycles. The highest BCUT2D eigenvalue weighted by Gasteiger charge is 2.25. The van der Waals surface area contributed by atoms with Gasteiger partial charge < -0.3 is 14.5 Å². The number of aryl methyl sites for hydroxylation is 1. The number of benzene rings is 2. The molecule has 0 bridgehead atoms. The van der Waals surface area contributed by atoms with Crippen molar-refractivity contribution >= 4 is 34.1 Å². The second-order valence-electron chi connectivity index (χ2n) is 8.70. The molecule has 9 heteroatoms. The van der Waals surface area contributed by atoms with Crippen molar-refractivity contribution in [2.75, 3.05) is 0 Å². The second kappa shape index (κ2) is 11.2. The van der Waals surface area contributed by atoms with Crippen LogP contribution in [0.2, 0.25) is 0 Å². The lowest BCUT2D eigenvalue weighted by Crippen LogP contribution is -2.23. The van der Waals surface area contributed by atoms with Crippen LogP contribution in [0, 0.1) is 10.1 Å². The lowest BCUT2D eigenvalue weighted by Gasteiger charge is -2.12. The quantitative estimate of drug-likeness (QED) is 0.158. The Labute approximate surface area is 217 Å². The van der Waals surface area contributed by atoms with Crippen LogP contribution in [-0.2, 0) is 26.0 Å². The molecule has 0 spiro atoms. The lowest BCUT2D eigenvalue weighted by atomic mass is 9.95. The summed E-state index contributed by atoms with van der Waals surface area (Å²) in [6.45, 7) is 0.615. The highest BCUT2D eigenvalue weighted by molar-refractivity contribution is 7.16. The summed E-state index contributed by atoms with van der Waals surface area (Å²) in [6.07, 6.45) is 7.39. The zero-order valence-electron chi connectivity index (χ0n) is 20.0. The van der Waals surface area contributed by atoms with Gasteiger partial charge in [0, 0.05) is 23.2 Å². The van der Waals surface area contributed by atoms with E-state index in [0.29, 0.717) is 28.6 Å². The normalized spacial score (nSPS) is 12.9. The summed E-state index contributed by atoms with van der Waals surface area (Å²) >= 11 is 1.59. The first-order valence-corrected chi connectivity index (χ1v) is 12.8. The molecule has 1 N–H and O–H groups in total. The third-order valence-corrected chi connectivity index (χ3v) is 7.32. The van der Waals surface area contributed by atoms with E-state index in [4.69, 9.17) is 14.1 Å². The van der Waals surface area contributed by atoms with Gasteiger partial charge in [-0.25, -0.2) is 4.99 Å². The van der Waals surface area contributed by atoms with Crippen molar-refractivity contribution in [3.8, 4) is 5.75 Å². The number of aliphatic imine (C=N–C) groups is 1. The Kier molecular flexibility index (Phi) is 7.41. The number of carbonyl (C=O) groups is 1. The zero-order valence-corrected chi connectivity index (χ0v) is 20.8. The van der Waals surface area contributed by atoms with Gasteiger partial charge in [0.15, 0.2) is 0 Å². The fourth-order valence-electron chi connectivity index (χ4n) is 4.24. The molecule has 37 heavy (non-hydrogen) atoms. The maximum atomic E-state index is 13.2. The Morgan fingerprint density at radius 1 is 1.14 bits per heavy atom. The molecule has 1 amide bonds. The highest BCUT2D eigenvalue weighted by atomic mass is 32.1. The number of nitrogens with one attached hydrogen (secondary N) is 1. The standard InChI is InChI=1S/C28H25N3O5S/c32-27(29-17-23-7-4-14-35-23)26-24-8-1-2-9-25(24)37-28(26)30-16-20-5-3-6-22(15-20)36-18-19-10-12-21(13-11-19)31(33)34/h3-7,10-16H,1-2,8-9,17-18H2,(H,29,32). The predicted molar refractivity (Wildman–Crippen MR) is 142 cm³/mol. The number of ether oxygens (including phenoxy) is 1. The van der Waals surface area contributed by atoms with Crippen LogP contribution < -0.4 is 10.1 Å². The predicted octanol–water partition coefficient (Wildman–Crippen LogP) is 6.39. The first-order chi connectivity index (χ1) is 18.1. The Morgan fingerprint density at radius 2 is 1.97 bits per heavy atom. The number of carbonyl (C=O) groups excluding carboxylic acids is 1. The highest BCUT2D eigenvalue weighted by Crippen LogP contribution is 2.40. The third kappa shape index (κ3) is 5.95. The van der Waals surface area contributed by atoms with Crippen LogP contribution >= 0.6 is 11.3 Å². The van der Waals surface area contributed by atoms with Crippen molar-refractivity contribution < 1.29 is 18.9 Å². The molecule has 0 saturated carbocycles. The molecular weight excluding hydrogens is 490 g/mol. The number of nitro benzene ring substituents is 1. The van der Waals surface area contributed by atoms with E-state index in [1.807, 2.05) is 30.3 Å². The van der Waals surface area contributed by atoms with Crippen LogP contribution in [0.3, 0.4) is 0 Å². The van der Waals surface area contributed by atoms with Gasteiger partial charge >= 0.3 is 0 Å². The average molecular weight is 516 g/mol. The summed E-state index contributed by atoms with van der Waals surface area (Å²) in [7, 11) is 0. The molecule has 0 atom stereocenters. The molecule has 5 rings (SSSR count). The number of nitrogens with zero attached hydrogens (tertiary/aromatic N) is 2. The van der Waals surface area contributed by atoms with Gasteiger partial charge in [0.25, 0.3) is 11.6 Å². The van der Waals surface area contributed by atoms with Gasteiger partial charge in [-0.05, 0) is 78.8 Å². The van der Waals surface area contributed by atoms with E-state index in [0.717, 1.165) is 42.4 Å². The van der Waals surface area contributed by atoms with Gasteiger partial charge in [0.2, 0.25) is 0 Å². The SMILES string of the molecule is O=C(NCc1ccco1)c1c(N=Cc2cccc(OCc3ccc([N+](=O)[O-])cc3)c2)sc2c1CCCC2. The summed E-state index contributed by atoms with van der Waals surface area (Å²) in [4.78, 5) is 29.5. The van der Waals surface area contributed by atoms with Crippen molar-refractivity contribution in [1.82, 2.24) is 5.32 Å². The molecule has 0 radical (unpaired) electrons. The summed E-state index contributed by atoms with van der Waals surface area (Å²) in [5.41, 5.74) is 3.49. The number of furan rings is 1. The smallest absolute Gasteiger partial charge is 0.269 e. The Balaban J connectivity index is 1.30. The fraction of sp³-hybridized carbons (Fsp3) is 0.214. The van der Waals surface area contributed by atoms with E-state index in [1.54, 1.807) is 42.0 Å². The molecule has 0 saturated heterocycles. The van der Waals surface area contributed by atoms with E-state index >= 15 is 0 Å². The van der Waals surface area contributed by atoms with Crippen molar-refractivity contribution in [1.29, 1.82) is 0 Å². The largest absolute Gasteiger partial charge is 0.489 e. The lowest BCUT2D eigenvalue weighted by molar-refractivity contribution is -0.384. The topological polar surface area (TPSA) is 107 Å². The second-order valence-corrected chi connectivity index (χ2v) is 9.78. The van der Waals surface area contributed by atoms with E-state index < -0.39 is 4.92 Å². The molecule has 0 unspecified atom stereocenters. The molecular formula is C28H25N3O5S. The third-order valence-electron chi connectivity index (χ3n) is 6.12. The van der Waals surface area contributed by atoms with Crippen LogP contribution in [0.15, 0.2) is 76.3 Å². The number of thiophene rings is 1. The number of fused-ring (bicyclic) bond motifs is 1. The minimum atomic E-state index is -0.425. The van der Waals surface area contributed by atoms with Crippen LogP contribution in [0.1, 0.15) is 50.5 Å². The zero-order chi connectivity index (χ0) is 25.6. The van der Waals surface area contributed by atoms with E-state index in [9.17, 15) is 14.9 Å². The van der Waals surface area contributed by atoms with Crippen LogP contribution in [0.25, 0.3) is 0 Å². The summed E-state index contributed by atoms with van der Waals surface area (Å²) in [5.74, 6) is 1.22. The monoisotopic (exact) mass is 515 g/mol. The maximum absolute atomic E-state index is 13.2. The van der Waals surface area contributed by atoms with Crippen molar-refractivity contribution in [2.45, 2.75) is 38.8 Å². The maximum Gasteiger partial charge on any atom is 0.269 e. The van der Waals surface area contributed by atoms with Crippen molar-refractivity contribution in [2.24, 2.45) is 4.99 Å². The Hall–Kier alpha value is -4.24. The molecule has 1 aliphatic carbocycles. The van der Waals surface area contributed by atoms with Gasteiger partial charge in [0.05, 0.1) is 23.3 Å². The van der Waals surface area contributed by atoms with Gasteiger partial charge in [-0.3, -0.25) is 14.9 Å². The molecule has 2 aromatic heterocycles. The number of hydrogen-bond donors (Lipinski definition) is 1. The van der Waals surface area contributed by atoms with E-state index in [-0.39, 0.29) is 18.2 Å². The van der Waals surface area contributed by atoms with Crippen molar-refractivity contribution in [3.63, 3.8) is 0 Å². The number of rotatable bonds is 9. The first-order valence-electron chi connectivity index (χ1n) is 12.0. The van der Waals surface area contributed by atoms with E-state index in [1.165, 1.54) is 17.0 Å². The molecule has 2 aromatic carbocycles. The van der Waals surface area contributed by atoms with E-state index in [2.05, 4.69) is 5.32 Å². The molecule has 1 aliphatic rings. The fourth-order valence-corrected chi connectivity index (χ4v) is 5.47. The van der Waals surface area contributed by atoms with Gasteiger partial charge in [0.1, 0.15) is 23.1 Å². The Morgan fingerprint density at radius 3 is 2.76 bits per heavy atom. The number of nitro groups is 1. The Bertz CT molecular complexity index is 1420. The number of amides is 1. The van der Waals surface area contributed by atoms with Crippen LogP contribution in [0.5, 0.6) is 5.75 Å². The average Bonchev–Trinajstić information content (AvgIpc) is 3.57. The summed E-state index contributed by atoms with van der Waals surface area (Å²) in [5, 5.41) is 14.5. The minimum absolute atomic E-state index is 0.0474. The molecule has 4 aromatic rings. The first kappa shape index (κ1) is 24.5. The van der Waals surface area contributed by atoms with Crippen molar-refractivity contribution in [3.05, 3.63) is 110 Å². The van der Waals surface area contributed by atoms with Gasteiger partial charge in [-0.1, -0.05) is 12.1 Å². The van der Waals surface area contributed by atoms with Crippen LogP contribution in [0.4, 0.5) is 10.7 Å². The minimum Gasteiger partial charge on any atom is -0.489 e. The summed E-state index contributed by atoms with van der Waals surface area (Å²) < 4.78 is 11.2. The number of hydrogen-bond acceptors (Lipinski definition) is 7. The van der Waals surface area contributed by atoms with Crippen LogP contribution in [-0.4, -0.2) is 17.0 Å². The molecule has 8 nitrogen and oxygen atoms in total. The molecule has 0 fully saturated rings. The molecule has 188 valence electrons. The number of non-ortho nitro benzene ring substituents is 1. The van der Waals surface area contributed by atoms with Gasteiger partial charge in [-0.15, -0.1) is 11.3 Å². The summed E-state index contributed by atoms with van der Waals surface area (Å²) in [6, 6.07) is 17.4.